The van der Waals surface area contributed by atoms with Crippen LogP contribution in [0.2, 0.25) is 0 Å². The van der Waals surface area contributed by atoms with Crippen LogP contribution in [0.4, 0.5) is 0 Å². The first-order valence-corrected chi connectivity index (χ1v) is 6.30. The molecule has 5 heteroatoms. The number of amides is 1. The van der Waals surface area contributed by atoms with Gasteiger partial charge in [-0.15, -0.1) is 0 Å². The average molecular weight is 259 g/mol. The predicted octanol–water partition coefficient (Wildman–Crippen LogP) is 2.63. The molecule has 5 nitrogen and oxygen atoms in total. The van der Waals surface area contributed by atoms with E-state index in [1.54, 1.807) is 6.92 Å². The van der Waals surface area contributed by atoms with Crippen molar-refractivity contribution < 1.29 is 9.32 Å². The smallest absolute Gasteiger partial charge is 0.249 e. The minimum Gasteiger partial charge on any atom is -0.345 e. The van der Waals surface area contributed by atoms with Gasteiger partial charge in [-0.3, -0.25) is 4.79 Å². The molecule has 0 spiro atoms. The molecule has 2 aromatic rings. The van der Waals surface area contributed by atoms with E-state index in [0.717, 1.165) is 5.56 Å². The van der Waals surface area contributed by atoms with Crippen LogP contribution in [0.25, 0.3) is 11.4 Å². The average Bonchev–Trinajstić information content (AvgIpc) is 2.89. The Morgan fingerprint density at radius 3 is 2.68 bits per heavy atom. The summed E-state index contributed by atoms with van der Waals surface area (Å²) in [5.41, 5.74) is 2.07. The molecule has 1 amide bonds. The Hall–Kier alpha value is -2.17. The van der Waals surface area contributed by atoms with Crippen LogP contribution in [0.3, 0.4) is 0 Å². The quantitative estimate of drug-likeness (QED) is 0.916. The summed E-state index contributed by atoms with van der Waals surface area (Å²) in [5.74, 6) is 0.910. The van der Waals surface area contributed by atoms with E-state index in [0.29, 0.717) is 18.1 Å². The van der Waals surface area contributed by atoms with Gasteiger partial charge in [-0.2, -0.15) is 4.98 Å². The van der Waals surface area contributed by atoms with Crippen LogP contribution in [0, 0.1) is 6.92 Å². The van der Waals surface area contributed by atoms with E-state index in [1.165, 1.54) is 5.56 Å². The highest BCUT2D eigenvalue weighted by Crippen LogP contribution is 2.19. The van der Waals surface area contributed by atoms with E-state index in [-0.39, 0.29) is 11.9 Å². The Morgan fingerprint density at radius 2 is 2.05 bits per heavy atom. The topological polar surface area (TPSA) is 68.0 Å². The van der Waals surface area contributed by atoms with E-state index >= 15 is 0 Å². The molecule has 1 unspecified atom stereocenters. The zero-order valence-electron chi connectivity index (χ0n) is 11.3. The third-order valence-electron chi connectivity index (χ3n) is 2.82. The maximum absolute atomic E-state index is 11.3. The minimum absolute atomic E-state index is 0.0393. The minimum atomic E-state index is -0.279. The van der Waals surface area contributed by atoms with Crippen LogP contribution in [0.5, 0.6) is 0 Å². The van der Waals surface area contributed by atoms with E-state index < -0.39 is 0 Å². The molecule has 1 N–H and O–H groups in total. The molecule has 19 heavy (non-hydrogen) atoms. The molecular formula is C14H17N3O2. The van der Waals surface area contributed by atoms with Crippen molar-refractivity contribution in [2.24, 2.45) is 0 Å². The molecule has 0 fully saturated rings. The Labute approximate surface area is 112 Å². The Morgan fingerprint density at radius 1 is 1.37 bits per heavy atom. The molecule has 0 saturated heterocycles. The van der Waals surface area contributed by atoms with Gasteiger partial charge in [-0.05, 0) is 13.8 Å². The van der Waals surface area contributed by atoms with Crippen molar-refractivity contribution in [2.45, 2.75) is 33.2 Å². The van der Waals surface area contributed by atoms with Crippen LogP contribution in [-0.4, -0.2) is 16.0 Å². The van der Waals surface area contributed by atoms with Crippen molar-refractivity contribution in [1.29, 1.82) is 0 Å². The molecule has 0 bridgehead atoms. The van der Waals surface area contributed by atoms with Gasteiger partial charge >= 0.3 is 0 Å². The third kappa shape index (κ3) is 3.19. The summed E-state index contributed by atoms with van der Waals surface area (Å²) in [6.45, 7) is 5.64. The molecule has 1 aromatic heterocycles. The number of carbonyl (C=O) groups excluding carboxylic acids is 1. The van der Waals surface area contributed by atoms with Gasteiger partial charge in [0, 0.05) is 12.0 Å². The van der Waals surface area contributed by atoms with Crippen molar-refractivity contribution in [3.8, 4) is 11.4 Å². The zero-order chi connectivity index (χ0) is 13.8. The lowest BCUT2D eigenvalue weighted by Crippen LogP contribution is -2.25. The molecule has 0 aliphatic carbocycles. The maximum atomic E-state index is 11.3. The number of aromatic nitrogens is 2. The van der Waals surface area contributed by atoms with Crippen molar-refractivity contribution in [2.75, 3.05) is 0 Å². The summed E-state index contributed by atoms with van der Waals surface area (Å²) in [6, 6.07) is 7.60. The van der Waals surface area contributed by atoms with Crippen molar-refractivity contribution in [1.82, 2.24) is 15.5 Å². The number of aryl methyl sites for hydroxylation is 1. The van der Waals surface area contributed by atoms with E-state index in [4.69, 9.17) is 4.52 Å². The second kappa shape index (κ2) is 5.65. The standard InChI is InChI=1S/C14H17N3O2/c1-4-12(18)15-10(3)14-16-13(17-19-14)11-7-5-9(2)6-8-11/h5-8,10H,4H2,1-3H3,(H,15,18). The van der Waals surface area contributed by atoms with Gasteiger partial charge in [0.2, 0.25) is 17.6 Å². The molecule has 1 atom stereocenters. The van der Waals surface area contributed by atoms with E-state index in [2.05, 4.69) is 15.5 Å². The molecule has 1 heterocycles. The van der Waals surface area contributed by atoms with Gasteiger partial charge in [0.25, 0.3) is 0 Å². The highest BCUT2D eigenvalue weighted by Gasteiger charge is 2.16. The number of benzene rings is 1. The molecule has 0 saturated carbocycles. The lowest BCUT2D eigenvalue weighted by Gasteiger charge is -2.07. The highest BCUT2D eigenvalue weighted by atomic mass is 16.5. The normalized spacial score (nSPS) is 12.2. The Bertz CT molecular complexity index is 560. The predicted molar refractivity (Wildman–Crippen MR) is 71.3 cm³/mol. The van der Waals surface area contributed by atoms with Crippen LogP contribution in [0.1, 0.15) is 37.8 Å². The van der Waals surface area contributed by atoms with E-state index in [9.17, 15) is 4.79 Å². The molecular weight excluding hydrogens is 242 g/mol. The van der Waals surface area contributed by atoms with Gasteiger partial charge in [-0.1, -0.05) is 41.9 Å². The van der Waals surface area contributed by atoms with Gasteiger partial charge in [0.15, 0.2) is 0 Å². The molecule has 0 radical (unpaired) electrons. The van der Waals surface area contributed by atoms with Gasteiger partial charge in [0.05, 0.1) is 0 Å². The number of hydrogen-bond donors (Lipinski definition) is 1. The fraction of sp³-hybridized carbons (Fsp3) is 0.357. The summed E-state index contributed by atoms with van der Waals surface area (Å²) in [7, 11) is 0. The number of hydrogen-bond acceptors (Lipinski definition) is 4. The number of carbonyl (C=O) groups is 1. The Kier molecular flexibility index (Phi) is 3.94. The highest BCUT2D eigenvalue weighted by molar-refractivity contribution is 5.75. The first-order valence-electron chi connectivity index (χ1n) is 6.30. The SMILES string of the molecule is CCC(=O)NC(C)c1nc(-c2ccc(C)cc2)no1. The largest absolute Gasteiger partial charge is 0.345 e. The zero-order valence-corrected chi connectivity index (χ0v) is 11.3. The molecule has 0 aliphatic rings. The van der Waals surface area contributed by atoms with Crippen LogP contribution < -0.4 is 5.32 Å². The number of nitrogens with one attached hydrogen (secondary N) is 1. The lowest BCUT2D eigenvalue weighted by atomic mass is 10.1. The van der Waals surface area contributed by atoms with Crippen molar-refractivity contribution >= 4 is 5.91 Å². The molecule has 2 rings (SSSR count). The summed E-state index contributed by atoms with van der Waals surface area (Å²) in [4.78, 5) is 15.6. The van der Waals surface area contributed by atoms with E-state index in [1.807, 2.05) is 38.1 Å². The monoisotopic (exact) mass is 259 g/mol. The summed E-state index contributed by atoms with van der Waals surface area (Å²) in [5, 5.41) is 6.72. The summed E-state index contributed by atoms with van der Waals surface area (Å²) in [6.07, 6.45) is 0.434. The molecule has 100 valence electrons. The van der Waals surface area contributed by atoms with Crippen LogP contribution >= 0.6 is 0 Å². The maximum Gasteiger partial charge on any atom is 0.249 e. The second-order valence-corrected chi connectivity index (χ2v) is 4.47. The van der Waals surface area contributed by atoms with Gasteiger partial charge in [0.1, 0.15) is 6.04 Å². The summed E-state index contributed by atoms with van der Waals surface area (Å²) < 4.78 is 5.18. The number of nitrogens with zero attached hydrogens (tertiary/aromatic N) is 2. The van der Waals surface area contributed by atoms with Crippen LogP contribution in [0.15, 0.2) is 28.8 Å². The fourth-order valence-corrected chi connectivity index (χ4v) is 1.64. The molecule has 1 aromatic carbocycles. The van der Waals surface area contributed by atoms with Gasteiger partial charge < -0.3 is 9.84 Å². The third-order valence-corrected chi connectivity index (χ3v) is 2.82. The van der Waals surface area contributed by atoms with Crippen molar-refractivity contribution in [3.05, 3.63) is 35.7 Å². The van der Waals surface area contributed by atoms with Crippen molar-refractivity contribution in [3.63, 3.8) is 0 Å². The Balaban J connectivity index is 2.14. The van der Waals surface area contributed by atoms with Gasteiger partial charge in [-0.25, -0.2) is 0 Å². The second-order valence-electron chi connectivity index (χ2n) is 4.47. The number of rotatable bonds is 4. The van der Waals surface area contributed by atoms with Crippen LogP contribution in [-0.2, 0) is 4.79 Å². The summed E-state index contributed by atoms with van der Waals surface area (Å²) >= 11 is 0. The first kappa shape index (κ1) is 13.3. The fourth-order valence-electron chi connectivity index (χ4n) is 1.64. The first-order chi connectivity index (χ1) is 9.10. The lowest BCUT2D eigenvalue weighted by molar-refractivity contribution is -0.121. The molecule has 0 aliphatic heterocycles.